The number of nitrogens with one attached hydrogen (secondary N) is 1. The number of aromatic nitrogens is 2. The molecule has 1 atom stereocenters. The van der Waals surface area contributed by atoms with Crippen LogP contribution in [0.25, 0.3) is 0 Å². The van der Waals surface area contributed by atoms with Gasteiger partial charge in [0.1, 0.15) is 0 Å². The van der Waals surface area contributed by atoms with Crippen LogP contribution in [-0.4, -0.2) is 41.2 Å². The summed E-state index contributed by atoms with van der Waals surface area (Å²) >= 11 is 1.70. The second-order valence-electron chi connectivity index (χ2n) is 6.32. The number of rotatable bonds is 6. The maximum absolute atomic E-state index is 5.71. The number of hydrogen-bond acceptors (Lipinski definition) is 6. The highest BCUT2D eigenvalue weighted by Crippen LogP contribution is 2.31. The summed E-state index contributed by atoms with van der Waals surface area (Å²) < 4.78 is 5.71. The van der Waals surface area contributed by atoms with Crippen molar-refractivity contribution in [2.45, 2.75) is 25.4 Å². The van der Waals surface area contributed by atoms with E-state index >= 15 is 0 Å². The third kappa shape index (κ3) is 3.88. The quantitative estimate of drug-likeness (QED) is 0.882. The van der Waals surface area contributed by atoms with Gasteiger partial charge in [-0.1, -0.05) is 6.07 Å². The second kappa shape index (κ2) is 6.95. The SMILES string of the molecule is c1cncc(CN2CCOCC2c2csc(NCC3CC3)n2)c1. The van der Waals surface area contributed by atoms with Crippen molar-refractivity contribution in [3.8, 4) is 0 Å². The molecule has 5 nitrogen and oxygen atoms in total. The molecule has 1 saturated heterocycles. The van der Waals surface area contributed by atoms with Crippen LogP contribution in [0.15, 0.2) is 29.9 Å². The maximum Gasteiger partial charge on any atom is 0.182 e. The van der Waals surface area contributed by atoms with Crippen molar-refractivity contribution >= 4 is 16.5 Å². The van der Waals surface area contributed by atoms with E-state index < -0.39 is 0 Å². The number of hydrogen-bond donors (Lipinski definition) is 1. The lowest BCUT2D eigenvalue weighted by molar-refractivity contribution is -0.0140. The van der Waals surface area contributed by atoms with Crippen LogP contribution in [0.4, 0.5) is 5.13 Å². The van der Waals surface area contributed by atoms with Crippen LogP contribution in [0.1, 0.15) is 30.1 Å². The fourth-order valence-corrected chi connectivity index (χ4v) is 3.67. The van der Waals surface area contributed by atoms with E-state index in [4.69, 9.17) is 9.72 Å². The number of ether oxygens (including phenoxy) is 1. The van der Waals surface area contributed by atoms with Crippen LogP contribution in [-0.2, 0) is 11.3 Å². The first-order valence-corrected chi connectivity index (χ1v) is 9.16. The smallest absolute Gasteiger partial charge is 0.182 e. The van der Waals surface area contributed by atoms with Crippen LogP contribution >= 0.6 is 11.3 Å². The van der Waals surface area contributed by atoms with E-state index in [1.54, 1.807) is 11.3 Å². The number of nitrogens with zero attached hydrogens (tertiary/aromatic N) is 3. The van der Waals surface area contributed by atoms with E-state index in [1.807, 2.05) is 18.5 Å². The third-order valence-electron chi connectivity index (χ3n) is 4.45. The largest absolute Gasteiger partial charge is 0.378 e. The molecule has 1 aliphatic carbocycles. The molecular weight excluding hydrogens is 308 g/mol. The molecule has 2 aromatic rings. The number of pyridine rings is 1. The Morgan fingerprint density at radius 1 is 1.39 bits per heavy atom. The molecule has 0 aromatic carbocycles. The number of thiazole rings is 1. The molecule has 6 heteroatoms. The molecule has 0 spiro atoms. The molecule has 1 saturated carbocycles. The Bertz CT molecular complexity index is 629. The summed E-state index contributed by atoms with van der Waals surface area (Å²) in [6.45, 7) is 4.39. The Labute approximate surface area is 140 Å². The standard InChI is InChI=1S/C17H22N4OS/c1-2-14(8-18-5-1)10-21-6-7-22-11-16(21)15-12-23-17(20-15)19-9-13-3-4-13/h1-2,5,8,12-13,16H,3-4,6-7,9-11H2,(H,19,20). The van der Waals surface area contributed by atoms with Crippen LogP contribution < -0.4 is 5.32 Å². The molecule has 0 bridgehead atoms. The first-order valence-electron chi connectivity index (χ1n) is 8.28. The van der Waals surface area contributed by atoms with Gasteiger partial charge in [0.05, 0.1) is 24.9 Å². The molecule has 23 heavy (non-hydrogen) atoms. The molecule has 2 aromatic heterocycles. The normalized spacial score (nSPS) is 22.2. The van der Waals surface area contributed by atoms with Gasteiger partial charge in [0, 0.05) is 37.4 Å². The topological polar surface area (TPSA) is 50.3 Å². The first-order chi connectivity index (χ1) is 11.4. The van der Waals surface area contributed by atoms with E-state index in [9.17, 15) is 0 Å². The minimum Gasteiger partial charge on any atom is -0.378 e. The molecule has 0 amide bonds. The highest BCUT2D eigenvalue weighted by Gasteiger charge is 2.27. The van der Waals surface area contributed by atoms with Crippen LogP contribution in [0.2, 0.25) is 0 Å². The molecule has 4 rings (SSSR count). The zero-order chi connectivity index (χ0) is 15.5. The highest BCUT2D eigenvalue weighted by molar-refractivity contribution is 7.13. The van der Waals surface area contributed by atoms with Gasteiger partial charge in [0.15, 0.2) is 5.13 Å². The monoisotopic (exact) mass is 330 g/mol. The fraction of sp³-hybridized carbons (Fsp3) is 0.529. The summed E-state index contributed by atoms with van der Waals surface area (Å²) in [5, 5.41) is 6.68. The lowest BCUT2D eigenvalue weighted by atomic mass is 10.1. The minimum atomic E-state index is 0.233. The number of anilines is 1. The zero-order valence-electron chi connectivity index (χ0n) is 13.1. The minimum absolute atomic E-state index is 0.233. The Kier molecular flexibility index (Phi) is 4.55. The third-order valence-corrected chi connectivity index (χ3v) is 5.27. The van der Waals surface area contributed by atoms with Gasteiger partial charge < -0.3 is 10.1 Å². The Morgan fingerprint density at radius 3 is 3.17 bits per heavy atom. The summed E-state index contributed by atoms with van der Waals surface area (Å²) in [6.07, 6.45) is 6.48. The maximum atomic E-state index is 5.71. The molecule has 2 aliphatic rings. The Hall–Kier alpha value is -1.50. The van der Waals surface area contributed by atoms with Crippen molar-refractivity contribution in [3.05, 3.63) is 41.2 Å². The van der Waals surface area contributed by atoms with Gasteiger partial charge in [-0.05, 0) is 30.4 Å². The van der Waals surface area contributed by atoms with Gasteiger partial charge in [0.2, 0.25) is 0 Å². The predicted octanol–water partition coefficient (Wildman–Crippen LogP) is 2.93. The van der Waals surface area contributed by atoms with Crippen molar-refractivity contribution < 1.29 is 4.74 Å². The average Bonchev–Trinajstić information content (AvgIpc) is 3.31. The predicted molar refractivity (Wildman–Crippen MR) is 91.5 cm³/mol. The van der Waals surface area contributed by atoms with Gasteiger partial charge in [-0.2, -0.15) is 0 Å². The van der Waals surface area contributed by atoms with Gasteiger partial charge in [-0.15, -0.1) is 11.3 Å². The summed E-state index contributed by atoms with van der Waals surface area (Å²) in [7, 11) is 0. The molecule has 1 aliphatic heterocycles. The van der Waals surface area contributed by atoms with Crippen LogP contribution in [0, 0.1) is 5.92 Å². The molecule has 1 N–H and O–H groups in total. The van der Waals surface area contributed by atoms with Gasteiger partial charge in [-0.25, -0.2) is 4.98 Å². The van der Waals surface area contributed by atoms with E-state index in [0.29, 0.717) is 6.61 Å². The van der Waals surface area contributed by atoms with Crippen molar-refractivity contribution in [3.63, 3.8) is 0 Å². The van der Waals surface area contributed by atoms with E-state index in [0.717, 1.165) is 43.0 Å². The second-order valence-corrected chi connectivity index (χ2v) is 7.18. The molecule has 0 radical (unpaired) electrons. The van der Waals surface area contributed by atoms with Crippen molar-refractivity contribution in [1.29, 1.82) is 0 Å². The molecule has 3 heterocycles. The first kappa shape index (κ1) is 15.1. The number of morpholine rings is 1. The summed E-state index contributed by atoms with van der Waals surface area (Å²) in [5.41, 5.74) is 2.36. The van der Waals surface area contributed by atoms with Crippen molar-refractivity contribution in [1.82, 2.24) is 14.9 Å². The molecule has 122 valence electrons. The van der Waals surface area contributed by atoms with Gasteiger partial charge in [0.25, 0.3) is 0 Å². The van der Waals surface area contributed by atoms with E-state index in [-0.39, 0.29) is 6.04 Å². The Balaban J connectivity index is 1.44. The lowest BCUT2D eigenvalue weighted by Crippen LogP contribution is -2.39. The Morgan fingerprint density at radius 2 is 2.35 bits per heavy atom. The van der Waals surface area contributed by atoms with E-state index in [2.05, 4.69) is 26.6 Å². The van der Waals surface area contributed by atoms with E-state index in [1.165, 1.54) is 18.4 Å². The average molecular weight is 330 g/mol. The van der Waals surface area contributed by atoms with Crippen molar-refractivity contribution in [2.24, 2.45) is 5.92 Å². The van der Waals surface area contributed by atoms with Crippen LogP contribution in [0.3, 0.4) is 0 Å². The van der Waals surface area contributed by atoms with Gasteiger partial charge >= 0.3 is 0 Å². The summed E-state index contributed by atoms with van der Waals surface area (Å²) in [6, 6.07) is 4.35. The summed E-state index contributed by atoms with van der Waals surface area (Å²) in [4.78, 5) is 11.5. The molecular formula is C17H22N4OS. The molecule has 2 fully saturated rings. The van der Waals surface area contributed by atoms with Crippen molar-refractivity contribution in [2.75, 3.05) is 31.6 Å². The van der Waals surface area contributed by atoms with Crippen LogP contribution in [0.5, 0.6) is 0 Å². The van der Waals surface area contributed by atoms with Gasteiger partial charge in [-0.3, -0.25) is 9.88 Å². The zero-order valence-corrected chi connectivity index (χ0v) is 14.0. The lowest BCUT2D eigenvalue weighted by Gasteiger charge is -2.34. The molecule has 1 unspecified atom stereocenters. The summed E-state index contributed by atoms with van der Waals surface area (Å²) in [5.74, 6) is 0.863. The fourth-order valence-electron chi connectivity index (χ4n) is 2.90. The highest BCUT2D eigenvalue weighted by atomic mass is 32.1.